The summed E-state index contributed by atoms with van der Waals surface area (Å²) in [6.45, 7) is 7.40. The molecule has 0 saturated heterocycles. The van der Waals surface area contributed by atoms with Gasteiger partial charge in [-0.2, -0.15) is 0 Å². The van der Waals surface area contributed by atoms with Crippen molar-refractivity contribution in [2.75, 3.05) is 0 Å². The van der Waals surface area contributed by atoms with Gasteiger partial charge in [-0.3, -0.25) is 0 Å². The number of hydrogen-bond acceptors (Lipinski definition) is 2. The summed E-state index contributed by atoms with van der Waals surface area (Å²) in [5, 5.41) is 0. The van der Waals surface area contributed by atoms with Gasteiger partial charge in [0.25, 0.3) is 0 Å². The minimum Gasteiger partial charge on any atom is -0.328 e. The van der Waals surface area contributed by atoms with E-state index in [0.717, 1.165) is 31.3 Å². The first kappa shape index (κ1) is 13.1. The van der Waals surface area contributed by atoms with Crippen molar-refractivity contribution >= 4 is 11.0 Å². The average molecular weight is 245 g/mol. The molecule has 3 nitrogen and oxygen atoms in total. The third-order valence-corrected chi connectivity index (χ3v) is 3.25. The first-order valence-electron chi connectivity index (χ1n) is 6.83. The molecule has 0 aliphatic carbocycles. The van der Waals surface area contributed by atoms with Gasteiger partial charge in [-0.15, -0.1) is 0 Å². The SMILES string of the molecule is CCCn1c(CCC(C)N)nc2cc(C)ccc21. The zero-order valence-electron chi connectivity index (χ0n) is 11.6. The molecular weight excluding hydrogens is 222 g/mol. The van der Waals surface area contributed by atoms with Gasteiger partial charge in [-0.25, -0.2) is 4.98 Å². The van der Waals surface area contributed by atoms with Crippen LogP contribution in [0.1, 0.15) is 38.1 Å². The molecule has 0 spiro atoms. The number of nitrogens with zero attached hydrogens (tertiary/aromatic N) is 2. The zero-order chi connectivity index (χ0) is 13.1. The molecule has 1 heterocycles. The molecule has 0 amide bonds. The summed E-state index contributed by atoms with van der Waals surface area (Å²) in [5.41, 5.74) is 9.48. The molecule has 1 aromatic heterocycles. The Bertz CT molecular complexity index is 526. The molecule has 1 atom stereocenters. The first-order valence-corrected chi connectivity index (χ1v) is 6.83. The summed E-state index contributed by atoms with van der Waals surface area (Å²) in [4.78, 5) is 4.77. The third-order valence-electron chi connectivity index (χ3n) is 3.25. The lowest BCUT2D eigenvalue weighted by atomic mass is 10.2. The van der Waals surface area contributed by atoms with Crippen LogP contribution >= 0.6 is 0 Å². The maximum atomic E-state index is 5.85. The summed E-state index contributed by atoms with van der Waals surface area (Å²) in [5.74, 6) is 1.18. The molecule has 0 bridgehead atoms. The molecule has 2 rings (SSSR count). The smallest absolute Gasteiger partial charge is 0.109 e. The maximum Gasteiger partial charge on any atom is 0.109 e. The van der Waals surface area contributed by atoms with Crippen molar-refractivity contribution < 1.29 is 0 Å². The molecule has 0 aliphatic heterocycles. The molecule has 2 N–H and O–H groups in total. The standard InChI is InChI=1S/C15H23N3/c1-4-9-18-14-7-5-11(2)10-13(14)17-15(18)8-6-12(3)16/h5,7,10,12H,4,6,8-9,16H2,1-3H3. The normalized spacial score (nSPS) is 13.1. The van der Waals surface area contributed by atoms with E-state index in [4.69, 9.17) is 10.7 Å². The van der Waals surface area contributed by atoms with E-state index in [0.29, 0.717) is 0 Å². The highest BCUT2D eigenvalue weighted by molar-refractivity contribution is 5.76. The second-order valence-corrected chi connectivity index (χ2v) is 5.19. The van der Waals surface area contributed by atoms with Crippen LogP contribution in [0.3, 0.4) is 0 Å². The van der Waals surface area contributed by atoms with Crippen LogP contribution in [-0.2, 0) is 13.0 Å². The highest BCUT2D eigenvalue weighted by Gasteiger charge is 2.10. The monoisotopic (exact) mass is 245 g/mol. The van der Waals surface area contributed by atoms with Crippen molar-refractivity contribution in [3.05, 3.63) is 29.6 Å². The quantitative estimate of drug-likeness (QED) is 0.880. The number of rotatable bonds is 5. The van der Waals surface area contributed by atoms with Gasteiger partial charge in [-0.1, -0.05) is 13.0 Å². The van der Waals surface area contributed by atoms with Gasteiger partial charge in [-0.05, 0) is 44.4 Å². The van der Waals surface area contributed by atoms with Crippen LogP contribution in [0.5, 0.6) is 0 Å². The first-order chi connectivity index (χ1) is 8.61. The number of fused-ring (bicyclic) bond motifs is 1. The lowest BCUT2D eigenvalue weighted by Crippen LogP contribution is -2.16. The van der Waals surface area contributed by atoms with E-state index in [1.165, 1.54) is 16.9 Å². The Labute approximate surface area is 109 Å². The Kier molecular flexibility index (Phi) is 4.02. The topological polar surface area (TPSA) is 43.8 Å². The van der Waals surface area contributed by atoms with Crippen molar-refractivity contribution in [2.45, 2.75) is 52.6 Å². The second kappa shape index (κ2) is 5.53. The van der Waals surface area contributed by atoms with Gasteiger partial charge >= 0.3 is 0 Å². The van der Waals surface area contributed by atoms with Gasteiger partial charge in [0.05, 0.1) is 11.0 Å². The van der Waals surface area contributed by atoms with Crippen molar-refractivity contribution in [1.82, 2.24) is 9.55 Å². The molecule has 18 heavy (non-hydrogen) atoms. The van der Waals surface area contributed by atoms with Crippen LogP contribution in [-0.4, -0.2) is 15.6 Å². The van der Waals surface area contributed by atoms with E-state index in [1.54, 1.807) is 0 Å². The van der Waals surface area contributed by atoms with E-state index >= 15 is 0 Å². The number of benzene rings is 1. The van der Waals surface area contributed by atoms with Crippen LogP contribution in [0.4, 0.5) is 0 Å². The summed E-state index contributed by atoms with van der Waals surface area (Å²) in [6, 6.07) is 6.74. The Morgan fingerprint density at radius 3 is 2.83 bits per heavy atom. The van der Waals surface area contributed by atoms with Crippen molar-refractivity contribution in [3.8, 4) is 0 Å². The van der Waals surface area contributed by atoms with Crippen molar-refractivity contribution in [2.24, 2.45) is 5.73 Å². The fourth-order valence-electron chi connectivity index (χ4n) is 2.31. The van der Waals surface area contributed by atoms with E-state index in [-0.39, 0.29) is 6.04 Å². The van der Waals surface area contributed by atoms with Crippen LogP contribution in [0.15, 0.2) is 18.2 Å². The second-order valence-electron chi connectivity index (χ2n) is 5.19. The number of hydrogen-bond donors (Lipinski definition) is 1. The highest BCUT2D eigenvalue weighted by atomic mass is 15.1. The number of aromatic nitrogens is 2. The number of aryl methyl sites for hydroxylation is 3. The predicted octanol–water partition coefficient (Wildman–Crippen LogP) is 3.03. The van der Waals surface area contributed by atoms with Gasteiger partial charge in [0.2, 0.25) is 0 Å². The molecular formula is C15H23N3. The van der Waals surface area contributed by atoms with Crippen LogP contribution in [0, 0.1) is 6.92 Å². The summed E-state index contributed by atoms with van der Waals surface area (Å²) >= 11 is 0. The average Bonchev–Trinajstić information content (AvgIpc) is 2.64. The lowest BCUT2D eigenvalue weighted by Gasteiger charge is -2.09. The molecule has 3 heteroatoms. The molecule has 1 unspecified atom stereocenters. The molecule has 0 aliphatic rings. The molecule has 0 saturated carbocycles. The molecule has 0 fully saturated rings. The minimum atomic E-state index is 0.238. The van der Waals surface area contributed by atoms with Gasteiger partial charge < -0.3 is 10.3 Å². The van der Waals surface area contributed by atoms with E-state index in [9.17, 15) is 0 Å². The van der Waals surface area contributed by atoms with Crippen LogP contribution < -0.4 is 5.73 Å². The van der Waals surface area contributed by atoms with Gasteiger partial charge in [0, 0.05) is 19.0 Å². The Morgan fingerprint density at radius 2 is 2.17 bits per heavy atom. The van der Waals surface area contributed by atoms with E-state index in [2.05, 4.69) is 43.5 Å². The van der Waals surface area contributed by atoms with Crippen molar-refractivity contribution in [1.29, 1.82) is 0 Å². The molecule has 0 radical (unpaired) electrons. The van der Waals surface area contributed by atoms with Gasteiger partial charge in [0.1, 0.15) is 5.82 Å². The molecule has 98 valence electrons. The maximum absolute atomic E-state index is 5.85. The summed E-state index contributed by atoms with van der Waals surface area (Å²) < 4.78 is 2.34. The Morgan fingerprint density at radius 1 is 1.39 bits per heavy atom. The minimum absolute atomic E-state index is 0.238. The number of imidazole rings is 1. The zero-order valence-corrected chi connectivity index (χ0v) is 11.6. The van der Waals surface area contributed by atoms with Crippen molar-refractivity contribution in [3.63, 3.8) is 0 Å². The van der Waals surface area contributed by atoms with E-state index in [1.807, 2.05) is 0 Å². The Hall–Kier alpha value is -1.35. The van der Waals surface area contributed by atoms with E-state index < -0.39 is 0 Å². The summed E-state index contributed by atoms with van der Waals surface area (Å²) in [7, 11) is 0. The fraction of sp³-hybridized carbons (Fsp3) is 0.533. The van der Waals surface area contributed by atoms with Crippen LogP contribution in [0.2, 0.25) is 0 Å². The summed E-state index contributed by atoms with van der Waals surface area (Å²) in [6.07, 6.45) is 3.09. The highest BCUT2D eigenvalue weighted by Crippen LogP contribution is 2.19. The third kappa shape index (κ3) is 2.72. The largest absolute Gasteiger partial charge is 0.328 e. The van der Waals surface area contributed by atoms with Gasteiger partial charge in [0.15, 0.2) is 0 Å². The molecule has 1 aromatic carbocycles. The lowest BCUT2D eigenvalue weighted by molar-refractivity contribution is 0.601. The Balaban J connectivity index is 2.40. The fourth-order valence-corrected chi connectivity index (χ4v) is 2.31. The molecule has 2 aromatic rings. The number of nitrogens with two attached hydrogens (primary N) is 1. The van der Waals surface area contributed by atoms with Crippen LogP contribution in [0.25, 0.3) is 11.0 Å². The predicted molar refractivity (Wildman–Crippen MR) is 76.7 cm³/mol.